The lowest BCUT2D eigenvalue weighted by molar-refractivity contribution is -0.122. The number of anilines is 1. The van der Waals surface area contributed by atoms with Gasteiger partial charge in [0.2, 0.25) is 5.91 Å². The van der Waals surface area contributed by atoms with Crippen molar-refractivity contribution in [1.82, 2.24) is 10.2 Å². The van der Waals surface area contributed by atoms with Crippen molar-refractivity contribution in [2.75, 3.05) is 25.5 Å². The number of likely N-dealkylation sites (tertiary alicyclic amines) is 1. The molecule has 1 atom stereocenters. The van der Waals surface area contributed by atoms with Crippen LogP contribution < -0.4 is 15.4 Å². The summed E-state index contributed by atoms with van der Waals surface area (Å²) in [5.41, 5.74) is 2.06. The highest BCUT2D eigenvalue weighted by Crippen LogP contribution is 2.27. The minimum Gasteiger partial charge on any atom is -0.497 e. The van der Waals surface area contributed by atoms with E-state index in [2.05, 4.69) is 15.5 Å². The number of amides is 2. The first kappa shape index (κ1) is 23.4. The molecule has 7 heteroatoms. The average Bonchev–Trinajstić information content (AvgIpc) is 2.87. The Labute approximate surface area is 198 Å². The first-order chi connectivity index (χ1) is 16.5. The predicted molar refractivity (Wildman–Crippen MR) is 129 cm³/mol. The van der Waals surface area contributed by atoms with Gasteiger partial charge in [-0.3, -0.25) is 14.5 Å². The molecule has 3 aromatic rings. The van der Waals surface area contributed by atoms with E-state index in [-0.39, 0.29) is 23.7 Å². The molecule has 1 fully saturated rings. The molecule has 0 aliphatic carbocycles. The van der Waals surface area contributed by atoms with Crippen molar-refractivity contribution in [2.24, 2.45) is 0 Å². The molecule has 1 heterocycles. The van der Waals surface area contributed by atoms with Crippen LogP contribution in [0.4, 0.5) is 10.1 Å². The molecule has 0 saturated carbocycles. The van der Waals surface area contributed by atoms with E-state index in [1.165, 1.54) is 24.3 Å². The van der Waals surface area contributed by atoms with Gasteiger partial charge in [-0.2, -0.15) is 0 Å². The van der Waals surface area contributed by atoms with Gasteiger partial charge < -0.3 is 15.4 Å². The second-order valence-corrected chi connectivity index (χ2v) is 8.32. The molecule has 0 spiro atoms. The lowest BCUT2D eigenvalue weighted by Gasteiger charge is -2.37. The monoisotopic (exact) mass is 461 g/mol. The largest absolute Gasteiger partial charge is 0.497 e. The van der Waals surface area contributed by atoms with Crippen molar-refractivity contribution in [1.29, 1.82) is 0 Å². The summed E-state index contributed by atoms with van der Waals surface area (Å²) >= 11 is 0. The van der Waals surface area contributed by atoms with Gasteiger partial charge in [0, 0.05) is 30.4 Å². The van der Waals surface area contributed by atoms with Crippen LogP contribution in [-0.4, -0.2) is 43.0 Å². The Kier molecular flexibility index (Phi) is 7.54. The first-order valence-electron chi connectivity index (χ1n) is 11.3. The van der Waals surface area contributed by atoms with Crippen molar-refractivity contribution in [3.8, 4) is 5.75 Å². The number of piperidine rings is 1. The summed E-state index contributed by atoms with van der Waals surface area (Å²) in [4.78, 5) is 28.0. The Morgan fingerprint density at radius 3 is 2.21 bits per heavy atom. The summed E-state index contributed by atoms with van der Waals surface area (Å²) in [5, 5.41) is 6.06. The number of rotatable bonds is 7. The van der Waals surface area contributed by atoms with Gasteiger partial charge in [0.25, 0.3) is 5.91 Å². The number of ether oxygens (including phenoxy) is 1. The standard InChI is InChI=1S/C27H28FN3O3/c1-34-24-13-11-22(12-14-24)30-27(33)25(19-5-3-2-4-6-19)31-17-15-23(16-18-31)29-26(32)20-7-9-21(28)10-8-20/h2-14,23,25H,15-18H2,1H3,(H,29,32)(H,30,33). The Morgan fingerprint density at radius 2 is 1.59 bits per heavy atom. The molecule has 1 aliphatic rings. The van der Waals surface area contributed by atoms with Gasteiger partial charge >= 0.3 is 0 Å². The van der Waals surface area contributed by atoms with Crippen LogP contribution >= 0.6 is 0 Å². The van der Waals surface area contributed by atoms with E-state index in [1.54, 1.807) is 7.11 Å². The van der Waals surface area contributed by atoms with Gasteiger partial charge in [-0.1, -0.05) is 30.3 Å². The van der Waals surface area contributed by atoms with Gasteiger partial charge in [0.05, 0.1) is 7.11 Å². The predicted octanol–water partition coefficient (Wildman–Crippen LogP) is 4.41. The maximum absolute atomic E-state index is 13.4. The molecule has 2 N–H and O–H groups in total. The van der Waals surface area contributed by atoms with E-state index >= 15 is 0 Å². The van der Waals surface area contributed by atoms with Gasteiger partial charge in [-0.15, -0.1) is 0 Å². The molecule has 176 valence electrons. The fourth-order valence-electron chi connectivity index (χ4n) is 4.22. The second kappa shape index (κ2) is 10.9. The summed E-state index contributed by atoms with van der Waals surface area (Å²) in [6, 6.07) is 22.0. The van der Waals surface area contributed by atoms with Crippen molar-refractivity contribution >= 4 is 17.5 Å². The van der Waals surface area contributed by atoms with Gasteiger partial charge in [-0.25, -0.2) is 4.39 Å². The van der Waals surface area contributed by atoms with Crippen LogP contribution in [0.15, 0.2) is 78.9 Å². The van der Waals surface area contributed by atoms with Crippen molar-refractivity contribution in [3.63, 3.8) is 0 Å². The van der Waals surface area contributed by atoms with E-state index in [4.69, 9.17) is 4.74 Å². The average molecular weight is 462 g/mol. The molecule has 0 aromatic heterocycles. The fourth-order valence-corrected chi connectivity index (χ4v) is 4.22. The van der Waals surface area contributed by atoms with E-state index < -0.39 is 6.04 Å². The zero-order valence-corrected chi connectivity index (χ0v) is 19.0. The number of hydrogen-bond donors (Lipinski definition) is 2. The number of nitrogens with one attached hydrogen (secondary N) is 2. The maximum atomic E-state index is 13.4. The lowest BCUT2D eigenvalue weighted by atomic mass is 9.98. The van der Waals surface area contributed by atoms with Gasteiger partial charge in [0.15, 0.2) is 0 Å². The number of carbonyl (C=O) groups is 2. The SMILES string of the molecule is COc1ccc(NC(=O)C(c2ccccc2)N2CCC(NC(=O)c3ccc(F)cc3)CC2)cc1. The third-order valence-corrected chi connectivity index (χ3v) is 6.06. The molecular weight excluding hydrogens is 433 g/mol. The molecule has 1 aliphatic heterocycles. The molecule has 1 unspecified atom stereocenters. The molecule has 34 heavy (non-hydrogen) atoms. The van der Waals surface area contributed by atoms with Crippen molar-refractivity contribution in [2.45, 2.75) is 24.9 Å². The number of carbonyl (C=O) groups excluding carboxylic acids is 2. The quantitative estimate of drug-likeness (QED) is 0.547. The summed E-state index contributed by atoms with van der Waals surface area (Å²) in [6.45, 7) is 1.31. The van der Waals surface area contributed by atoms with Gasteiger partial charge in [-0.05, 0) is 66.9 Å². The van der Waals surface area contributed by atoms with Crippen LogP contribution in [0.5, 0.6) is 5.75 Å². The summed E-state index contributed by atoms with van der Waals surface area (Å²) in [5.74, 6) is 0.0348. The summed E-state index contributed by atoms with van der Waals surface area (Å²) in [6.07, 6.45) is 1.43. The summed E-state index contributed by atoms with van der Waals surface area (Å²) < 4.78 is 18.3. The molecule has 4 rings (SSSR count). The molecular formula is C27H28FN3O3. The van der Waals surface area contributed by atoms with Crippen molar-refractivity contribution < 1.29 is 18.7 Å². The molecule has 0 bridgehead atoms. The number of methoxy groups -OCH3 is 1. The Morgan fingerprint density at radius 1 is 0.941 bits per heavy atom. The number of hydrogen-bond acceptors (Lipinski definition) is 4. The number of nitrogens with zero attached hydrogens (tertiary/aromatic N) is 1. The molecule has 0 radical (unpaired) electrons. The lowest BCUT2D eigenvalue weighted by Crippen LogP contribution is -2.48. The molecule has 1 saturated heterocycles. The Hall–Kier alpha value is -3.71. The zero-order chi connectivity index (χ0) is 23.9. The van der Waals surface area contributed by atoms with Crippen LogP contribution in [0.3, 0.4) is 0 Å². The van der Waals surface area contributed by atoms with E-state index in [0.29, 0.717) is 37.2 Å². The third kappa shape index (κ3) is 5.80. The minimum atomic E-state index is -0.447. The van der Waals surface area contributed by atoms with Crippen molar-refractivity contribution in [3.05, 3.63) is 95.8 Å². The van der Waals surface area contributed by atoms with Gasteiger partial charge in [0.1, 0.15) is 17.6 Å². The summed E-state index contributed by atoms with van der Waals surface area (Å²) in [7, 11) is 1.60. The molecule has 2 amide bonds. The fraction of sp³-hybridized carbons (Fsp3) is 0.259. The molecule has 3 aromatic carbocycles. The van der Waals surface area contributed by atoms with Crippen LogP contribution in [-0.2, 0) is 4.79 Å². The maximum Gasteiger partial charge on any atom is 0.251 e. The number of halogens is 1. The Bertz CT molecular complexity index is 1100. The number of benzene rings is 3. The highest BCUT2D eigenvalue weighted by Gasteiger charge is 2.31. The highest BCUT2D eigenvalue weighted by atomic mass is 19.1. The third-order valence-electron chi connectivity index (χ3n) is 6.06. The zero-order valence-electron chi connectivity index (χ0n) is 19.0. The Balaban J connectivity index is 1.41. The smallest absolute Gasteiger partial charge is 0.251 e. The van der Waals surface area contributed by atoms with E-state index in [9.17, 15) is 14.0 Å². The van der Waals surface area contributed by atoms with Crippen LogP contribution in [0, 0.1) is 5.82 Å². The van der Waals surface area contributed by atoms with E-state index in [0.717, 1.165) is 11.3 Å². The van der Waals surface area contributed by atoms with Crippen LogP contribution in [0.1, 0.15) is 34.8 Å². The van der Waals surface area contributed by atoms with E-state index in [1.807, 2.05) is 54.6 Å². The topological polar surface area (TPSA) is 70.7 Å². The minimum absolute atomic E-state index is 0.00474. The normalized spacial score (nSPS) is 15.4. The van der Waals surface area contributed by atoms with Crippen LogP contribution in [0.25, 0.3) is 0 Å². The van der Waals surface area contributed by atoms with Crippen LogP contribution in [0.2, 0.25) is 0 Å². The highest BCUT2D eigenvalue weighted by molar-refractivity contribution is 5.96. The first-order valence-corrected chi connectivity index (χ1v) is 11.3. The second-order valence-electron chi connectivity index (χ2n) is 8.32. The molecule has 6 nitrogen and oxygen atoms in total.